The quantitative estimate of drug-likeness (QED) is 0.778. The van der Waals surface area contributed by atoms with Crippen molar-refractivity contribution in [3.05, 3.63) is 52.8 Å². The standard InChI is InChI=1S/C17H22N4O4S/c1-26(24,25)18-10-14-9-15-12-20(7-4-8-21(15)19-14)11-13-5-2-3-6-16(13)17(22)23/h2-3,5-6,9,18H,4,7-8,10-12H2,1H3,(H,22,23). The van der Waals surface area contributed by atoms with Crippen molar-refractivity contribution >= 4 is 16.0 Å². The molecule has 26 heavy (non-hydrogen) atoms. The van der Waals surface area contributed by atoms with Gasteiger partial charge in [-0.1, -0.05) is 18.2 Å². The molecule has 0 bridgehead atoms. The van der Waals surface area contributed by atoms with Crippen molar-refractivity contribution in [1.82, 2.24) is 19.4 Å². The van der Waals surface area contributed by atoms with Crippen LogP contribution in [0.4, 0.5) is 0 Å². The lowest BCUT2D eigenvalue weighted by atomic mass is 10.1. The predicted octanol–water partition coefficient (Wildman–Crippen LogP) is 1.04. The Kier molecular flexibility index (Phi) is 5.40. The van der Waals surface area contributed by atoms with Gasteiger partial charge in [0.05, 0.1) is 29.8 Å². The number of rotatable bonds is 6. The summed E-state index contributed by atoms with van der Waals surface area (Å²) in [6.07, 6.45) is 2.01. The fraction of sp³-hybridized carbons (Fsp3) is 0.412. The van der Waals surface area contributed by atoms with Gasteiger partial charge in [-0.2, -0.15) is 5.10 Å². The van der Waals surface area contributed by atoms with E-state index >= 15 is 0 Å². The molecule has 1 aliphatic rings. The third-order valence-corrected chi connectivity index (χ3v) is 4.97. The van der Waals surface area contributed by atoms with Crippen LogP contribution in [0.1, 0.15) is 33.7 Å². The lowest BCUT2D eigenvalue weighted by molar-refractivity contribution is 0.0694. The minimum atomic E-state index is -3.26. The van der Waals surface area contributed by atoms with E-state index in [-0.39, 0.29) is 6.54 Å². The molecule has 8 nitrogen and oxygen atoms in total. The first-order valence-corrected chi connectivity index (χ1v) is 10.2. The first-order valence-electron chi connectivity index (χ1n) is 8.35. The number of carboxylic acid groups (broad SMARTS) is 1. The molecule has 0 spiro atoms. The van der Waals surface area contributed by atoms with Crippen LogP contribution in [0.2, 0.25) is 0 Å². The molecule has 140 valence electrons. The third kappa shape index (κ3) is 4.69. The van der Waals surface area contributed by atoms with Gasteiger partial charge in [-0.3, -0.25) is 9.58 Å². The first-order chi connectivity index (χ1) is 12.3. The second-order valence-electron chi connectivity index (χ2n) is 6.47. The summed E-state index contributed by atoms with van der Waals surface area (Å²) in [5.41, 5.74) is 2.79. The smallest absolute Gasteiger partial charge is 0.336 e. The maximum Gasteiger partial charge on any atom is 0.336 e. The average molecular weight is 378 g/mol. The van der Waals surface area contributed by atoms with Crippen LogP contribution < -0.4 is 4.72 Å². The van der Waals surface area contributed by atoms with E-state index in [4.69, 9.17) is 0 Å². The van der Waals surface area contributed by atoms with Gasteiger partial charge in [0.25, 0.3) is 0 Å². The number of aromatic carboxylic acids is 1. The number of aromatic nitrogens is 2. The van der Waals surface area contributed by atoms with Crippen LogP contribution in [0, 0.1) is 0 Å². The second-order valence-corrected chi connectivity index (χ2v) is 8.30. The molecular weight excluding hydrogens is 356 g/mol. The molecule has 1 aromatic heterocycles. The molecule has 0 atom stereocenters. The molecule has 3 rings (SSSR count). The normalized spacial score (nSPS) is 15.4. The van der Waals surface area contributed by atoms with Crippen LogP contribution in [0.5, 0.6) is 0 Å². The Labute approximate surface area is 152 Å². The molecular formula is C17H22N4O4S. The van der Waals surface area contributed by atoms with Crippen molar-refractivity contribution in [3.8, 4) is 0 Å². The predicted molar refractivity (Wildman–Crippen MR) is 96.0 cm³/mol. The van der Waals surface area contributed by atoms with Crippen molar-refractivity contribution in [2.45, 2.75) is 32.6 Å². The van der Waals surface area contributed by atoms with E-state index in [0.29, 0.717) is 24.3 Å². The summed E-state index contributed by atoms with van der Waals surface area (Å²) in [6, 6.07) is 8.94. The van der Waals surface area contributed by atoms with E-state index in [9.17, 15) is 18.3 Å². The number of hydrogen-bond donors (Lipinski definition) is 2. The van der Waals surface area contributed by atoms with Gasteiger partial charge in [0.1, 0.15) is 0 Å². The zero-order valence-electron chi connectivity index (χ0n) is 14.6. The van der Waals surface area contributed by atoms with Crippen LogP contribution >= 0.6 is 0 Å². The van der Waals surface area contributed by atoms with Gasteiger partial charge in [0.2, 0.25) is 10.0 Å². The van der Waals surface area contributed by atoms with Crippen molar-refractivity contribution in [1.29, 1.82) is 0 Å². The van der Waals surface area contributed by atoms with Crippen molar-refractivity contribution in [2.24, 2.45) is 0 Å². The maximum atomic E-state index is 11.4. The molecule has 0 fully saturated rings. The number of hydrogen-bond acceptors (Lipinski definition) is 5. The first kappa shape index (κ1) is 18.6. The lowest BCUT2D eigenvalue weighted by Gasteiger charge is -2.20. The molecule has 0 aliphatic carbocycles. The highest BCUT2D eigenvalue weighted by atomic mass is 32.2. The number of carbonyl (C=O) groups is 1. The number of nitrogens with one attached hydrogen (secondary N) is 1. The highest BCUT2D eigenvalue weighted by Crippen LogP contribution is 2.18. The van der Waals surface area contributed by atoms with E-state index < -0.39 is 16.0 Å². The Morgan fingerprint density at radius 2 is 2.08 bits per heavy atom. The highest BCUT2D eigenvalue weighted by molar-refractivity contribution is 7.88. The molecule has 0 saturated carbocycles. The molecule has 1 aliphatic heterocycles. The molecule has 9 heteroatoms. The lowest BCUT2D eigenvalue weighted by Crippen LogP contribution is -2.24. The summed E-state index contributed by atoms with van der Waals surface area (Å²) < 4.78 is 26.8. The highest BCUT2D eigenvalue weighted by Gasteiger charge is 2.19. The van der Waals surface area contributed by atoms with Crippen LogP contribution in [-0.4, -0.2) is 47.0 Å². The minimum absolute atomic E-state index is 0.167. The summed E-state index contributed by atoms with van der Waals surface area (Å²) in [7, 11) is -3.26. The Hall–Kier alpha value is -2.23. The van der Waals surface area contributed by atoms with E-state index in [2.05, 4.69) is 14.7 Å². The van der Waals surface area contributed by atoms with E-state index in [1.54, 1.807) is 12.1 Å². The molecule has 2 heterocycles. The number of aryl methyl sites for hydroxylation is 1. The summed E-state index contributed by atoms with van der Waals surface area (Å²) in [6.45, 7) is 2.95. The van der Waals surface area contributed by atoms with E-state index in [1.165, 1.54) is 0 Å². The molecule has 0 amide bonds. The van der Waals surface area contributed by atoms with Crippen LogP contribution in [0.3, 0.4) is 0 Å². The van der Waals surface area contributed by atoms with E-state index in [1.807, 2.05) is 22.9 Å². The molecule has 1 aromatic carbocycles. The number of benzene rings is 1. The van der Waals surface area contributed by atoms with Crippen molar-refractivity contribution in [3.63, 3.8) is 0 Å². The Morgan fingerprint density at radius 3 is 2.81 bits per heavy atom. The summed E-state index contributed by atoms with van der Waals surface area (Å²) in [5.74, 6) is -0.922. The molecule has 0 radical (unpaired) electrons. The third-order valence-electron chi connectivity index (χ3n) is 4.30. The summed E-state index contributed by atoms with van der Waals surface area (Å²) in [4.78, 5) is 13.6. The van der Waals surface area contributed by atoms with Gasteiger partial charge in [-0.25, -0.2) is 17.9 Å². The fourth-order valence-corrected chi connectivity index (χ4v) is 3.53. The largest absolute Gasteiger partial charge is 0.478 e. The minimum Gasteiger partial charge on any atom is -0.478 e. The summed E-state index contributed by atoms with van der Waals surface area (Å²) >= 11 is 0. The van der Waals surface area contributed by atoms with Crippen molar-refractivity contribution < 1.29 is 18.3 Å². The zero-order valence-corrected chi connectivity index (χ0v) is 15.4. The SMILES string of the molecule is CS(=O)(=O)NCc1cc2n(n1)CCCN(Cc1ccccc1C(=O)O)C2. The second kappa shape index (κ2) is 7.56. The number of fused-ring (bicyclic) bond motifs is 1. The van der Waals surface area contributed by atoms with Gasteiger partial charge in [0.15, 0.2) is 0 Å². The maximum absolute atomic E-state index is 11.4. The van der Waals surface area contributed by atoms with Crippen molar-refractivity contribution in [2.75, 3.05) is 12.8 Å². The molecule has 0 saturated heterocycles. The summed E-state index contributed by atoms with van der Waals surface area (Å²) in [5, 5.41) is 13.8. The fourth-order valence-electron chi connectivity index (χ4n) is 3.12. The monoisotopic (exact) mass is 378 g/mol. The Balaban J connectivity index is 1.74. The topological polar surface area (TPSA) is 105 Å². The van der Waals surface area contributed by atoms with E-state index in [0.717, 1.165) is 37.0 Å². The van der Waals surface area contributed by atoms with Gasteiger partial charge < -0.3 is 5.11 Å². The van der Waals surface area contributed by atoms with Crippen LogP contribution in [0.15, 0.2) is 30.3 Å². The zero-order chi connectivity index (χ0) is 18.7. The Bertz CT molecular complexity index is 907. The number of carboxylic acids is 1. The van der Waals surface area contributed by atoms with Crippen LogP contribution in [0.25, 0.3) is 0 Å². The number of nitrogens with zero attached hydrogens (tertiary/aromatic N) is 3. The number of sulfonamides is 1. The van der Waals surface area contributed by atoms with Gasteiger partial charge in [0, 0.05) is 26.2 Å². The molecule has 2 aromatic rings. The average Bonchev–Trinajstić information content (AvgIpc) is 2.85. The molecule has 2 N–H and O–H groups in total. The molecule has 0 unspecified atom stereocenters. The Morgan fingerprint density at radius 1 is 1.31 bits per heavy atom. The van der Waals surface area contributed by atoms with Gasteiger partial charge in [-0.15, -0.1) is 0 Å². The van der Waals surface area contributed by atoms with Crippen LogP contribution in [-0.2, 0) is 36.2 Å². The van der Waals surface area contributed by atoms with Gasteiger partial charge in [-0.05, 0) is 24.1 Å². The van der Waals surface area contributed by atoms with Gasteiger partial charge >= 0.3 is 5.97 Å².